The second-order valence-electron chi connectivity index (χ2n) is 9.83. The van der Waals surface area contributed by atoms with Crippen molar-refractivity contribution in [3.8, 4) is 11.1 Å². The van der Waals surface area contributed by atoms with Crippen LogP contribution in [0.15, 0.2) is 48.8 Å². The van der Waals surface area contributed by atoms with E-state index in [9.17, 15) is 9.18 Å². The van der Waals surface area contributed by atoms with E-state index in [1.807, 2.05) is 24.3 Å². The summed E-state index contributed by atoms with van der Waals surface area (Å²) in [6.07, 6.45) is 5.57. The Balaban J connectivity index is 1.37. The van der Waals surface area contributed by atoms with Crippen molar-refractivity contribution in [2.24, 2.45) is 0 Å². The van der Waals surface area contributed by atoms with Gasteiger partial charge >= 0.3 is 0 Å². The highest BCUT2D eigenvalue weighted by Gasteiger charge is 2.25. The van der Waals surface area contributed by atoms with Gasteiger partial charge in [-0.1, -0.05) is 18.2 Å². The SMILES string of the molecule is CC(C)(C)NC1CCC(NC(=O)CNc2ncnc3ccc(-c4cccc(F)c4)cc23)CC1. The molecule has 33 heavy (non-hydrogen) atoms. The summed E-state index contributed by atoms with van der Waals surface area (Å²) in [6, 6.07) is 12.9. The minimum atomic E-state index is -0.282. The molecule has 0 spiro atoms. The Kier molecular flexibility index (Phi) is 6.88. The van der Waals surface area contributed by atoms with Crippen LogP contribution in [0.3, 0.4) is 0 Å². The minimum Gasteiger partial charge on any atom is -0.360 e. The lowest BCUT2D eigenvalue weighted by Gasteiger charge is -2.34. The van der Waals surface area contributed by atoms with E-state index in [4.69, 9.17) is 0 Å². The summed E-state index contributed by atoms with van der Waals surface area (Å²) >= 11 is 0. The van der Waals surface area contributed by atoms with Gasteiger partial charge in [-0.2, -0.15) is 0 Å². The van der Waals surface area contributed by atoms with Crippen LogP contribution >= 0.6 is 0 Å². The van der Waals surface area contributed by atoms with Crippen LogP contribution < -0.4 is 16.0 Å². The molecule has 0 radical (unpaired) electrons. The number of carbonyl (C=O) groups is 1. The molecule has 2 aromatic carbocycles. The summed E-state index contributed by atoms with van der Waals surface area (Å²) < 4.78 is 13.7. The fourth-order valence-corrected chi connectivity index (χ4v) is 4.48. The Morgan fingerprint density at radius 2 is 1.73 bits per heavy atom. The second kappa shape index (κ2) is 9.83. The van der Waals surface area contributed by atoms with Gasteiger partial charge in [0.15, 0.2) is 0 Å². The van der Waals surface area contributed by atoms with E-state index >= 15 is 0 Å². The van der Waals surface area contributed by atoms with Gasteiger partial charge in [0.25, 0.3) is 0 Å². The monoisotopic (exact) mass is 449 g/mol. The zero-order valence-electron chi connectivity index (χ0n) is 19.5. The predicted octanol–water partition coefficient (Wildman–Crippen LogP) is 4.66. The number of halogens is 1. The van der Waals surface area contributed by atoms with Crippen LogP contribution in [0.1, 0.15) is 46.5 Å². The number of hydrogen-bond acceptors (Lipinski definition) is 5. The van der Waals surface area contributed by atoms with Gasteiger partial charge in [0.2, 0.25) is 5.91 Å². The molecule has 1 aliphatic carbocycles. The van der Waals surface area contributed by atoms with Crippen LogP contribution in [-0.2, 0) is 4.79 Å². The van der Waals surface area contributed by atoms with E-state index in [-0.39, 0.29) is 29.8 Å². The Bertz CT molecular complexity index is 1120. The van der Waals surface area contributed by atoms with Crippen LogP contribution in [0.25, 0.3) is 22.0 Å². The van der Waals surface area contributed by atoms with Gasteiger partial charge in [0, 0.05) is 23.0 Å². The number of nitrogens with zero attached hydrogens (tertiary/aromatic N) is 2. The number of hydrogen-bond donors (Lipinski definition) is 3. The molecule has 1 fully saturated rings. The fourth-order valence-electron chi connectivity index (χ4n) is 4.48. The number of carbonyl (C=O) groups excluding carboxylic acids is 1. The van der Waals surface area contributed by atoms with Crippen LogP contribution in [-0.4, -0.2) is 40.0 Å². The Morgan fingerprint density at radius 1 is 1.00 bits per heavy atom. The van der Waals surface area contributed by atoms with Crippen molar-refractivity contribution < 1.29 is 9.18 Å². The van der Waals surface area contributed by atoms with E-state index in [0.717, 1.165) is 47.7 Å². The molecule has 1 amide bonds. The number of aromatic nitrogens is 2. The van der Waals surface area contributed by atoms with Crippen LogP contribution in [0.4, 0.5) is 10.2 Å². The highest BCUT2D eigenvalue weighted by Crippen LogP contribution is 2.27. The van der Waals surface area contributed by atoms with Gasteiger partial charge in [-0.15, -0.1) is 0 Å². The zero-order valence-corrected chi connectivity index (χ0v) is 19.5. The highest BCUT2D eigenvalue weighted by molar-refractivity contribution is 5.93. The summed E-state index contributed by atoms with van der Waals surface area (Å²) in [7, 11) is 0. The molecule has 4 rings (SSSR count). The molecule has 3 aromatic rings. The number of amides is 1. The maximum Gasteiger partial charge on any atom is 0.239 e. The van der Waals surface area contributed by atoms with Gasteiger partial charge < -0.3 is 16.0 Å². The number of rotatable bonds is 6. The molecule has 0 atom stereocenters. The third-order valence-electron chi connectivity index (χ3n) is 5.94. The molecule has 1 aromatic heterocycles. The quantitative estimate of drug-likeness (QED) is 0.510. The number of fused-ring (bicyclic) bond motifs is 1. The molecule has 1 aliphatic rings. The van der Waals surface area contributed by atoms with Gasteiger partial charge in [0.05, 0.1) is 12.1 Å². The molecule has 7 heteroatoms. The van der Waals surface area contributed by atoms with Crippen molar-refractivity contribution >= 4 is 22.6 Å². The summed E-state index contributed by atoms with van der Waals surface area (Å²) in [4.78, 5) is 21.2. The first-order valence-corrected chi connectivity index (χ1v) is 11.6. The maximum absolute atomic E-state index is 13.7. The number of benzene rings is 2. The molecule has 0 aliphatic heterocycles. The Hall–Kier alpha value is -3.06. The van der Waals surface area contributed by atoms with Gasteiger partial charge in [0.1, 0.15) is 18.0 Å². The van der Waals surface area contributed by atoms with E-state index in [1.165, 1.54) is 18.5 Å². The van der Waals surface area contributed by atoms with Gasteiger partial charge in [-0.3, -0.25) is 4.79 Å². The topological polar surface area (TPSA) is 78.9 Å². The van der Waals surface area contributed by atoms with Crippen molar-refractivity contribution in [1.82, 2.24) is 20.6 Å². The number of anilines is 1. The zero-order chi connectivity index (χ0) is 23.4. The normalized spacial score (nSPS) is 18.8. The van der Waals surface area contributed by atoms with Gasteiger partial charge in [-0.05, 0) is 81.8 Å². The lowest BCUT2D eigenvalue weighted by atomic mass is 9.89. The summed E-state index contributed by atoms with van der Waals surface area (Å²) in [5, 5.41) is 10.8. The first-order valence-electron chi connectivity index (χ1n) is 11.6. The molecule has 0 bridgehead atoms. The minimum absolute atomic E-state index is 0.0460. The largest absolute Gasteiger partial charge is 0.360 e. The molecule has 3 N–H and O–H groups in total. The number of nitrogens with one attached hydrogen (secondary N) is 3. The van der Waals surface area contributed by atoms with E-state index in [1.54, 1.807) is 6.07 Å². The molecule has 174 valence electrons. The molecular weight excluding hydrogens is 417 g/mol. The van der Waals surface area contributed by atoms with Crippen LogP contribution in [0.5, 0.6) is 0 Å². The lowest BCUT2D eigenvalue weighted by Crippen LogP contribution is -2.48. The smallest absolute Gasteiger partial charge is 0.239 e. The van der Waals surface area contributed by atoms with Crippen molar-refractivity contribution in [1.29, 1.82) is 0 Å². The Morgan fingerprint density at radius 3 is 2.45 bits per heavy atom. The molecular formula is C26H32FN5O. The average molecular weight is 450 g/mol. The predicted molar refractivity (Wildman–Crippen MR) is 130 cm³/mol. The fraction of sp³-hybridized carbons (Fsp3) is 0.423. The van der Waals surface area contributed by atoms with Crippen LogP contribution in [0, 0.1) is 5.82 Å². The second-order valence-corrected chi connectivity index (χ2v) is 9.83. The van der Waals surface area contributed by atoms with E-state index < -0.39 is 0 Å². The van der Waals surface area contributed by atoms with Crippen molar-refractivity contribution in [2.75, 3.05) is 11.9 Å². The van der Waals surface area contributed by atoms with Crippen molar-refractivity contribution in [2.45, 2.75) is 64.1 Å². The lowest BCUT2D eigenvalue weighted by molar-refractivity contribution is -0.120. The summed E-state index contributed by atoms with van der Waals surface area (Å²) in [5.74, 6) is 0.261. The molecule has 1 saturated carbocycles. The maximum atomic E-state index is 13.7. The van der Waals surface area contributed by atoms with Crippen molar-refractivity contribution in [3.63, 3.8) is 0 Å². The average Bonchev–Trinajstić information content (AvgIpc) is 2.77. The molecule has 6 nitrogen and oxygen atoms in total. The third kappa shape index (κ3) is 6.26. The molecule has 0 saturated heterocycles. The standard InChI is InChI=1S/C26H32FN5O/c1-26(2,3)32-21-10-8-20(9-11-21)31-24(33)15-28-25-22-14-18(7-12-23(22)29-16-30-25)17-5-4-6-19(27)13-17/h4-7,12-14,16,20-21,32H,8-11,15H2,1-3H3,(H,31,33)(H,28,29,30). The first kappa shape index (κ1) is 23.1. The van der Waals surface area contributed by atoms with Gasteiger partial charge in [-0.25, -0.2) is 14.4 Å². The molecule has 1 heterocycles. The third-order valence-corrected chi connectivity index (χ3v) is 5.94. The Labute approximate surface area is 194 Å². The van der Waals surface area contributed by atoms with E-state index in [0.29, 0.717) is 11.9 Å². The summed E-state index contributed by atoms with van der Waals surface area (Å²) in [6.45, 7) is 6.69. The highest BCUT2D eigenvalue weighted by atomic mass is 19.1. The van der Waals surface area contributed by atoms with Crippen LogP contribution in [0.2, 0.25) is 0 Å². The first-order chi connectivity index (χ1) is 15.8. The molecule has 0 unspecified atom stereocenters. The van der Waals surface area contributed by atoms with Crippen molar-refractivity contribution in [3.05, 3.63) is 54.6 Å². The summed E-state index contributed by atoms with van der Waals surface area (Å²) in [5.41, 5.74) is 2.52. The van der Waals surface area contributed by atoms with E-state index in [2.05, 4.69) is 46.7 Å².